The van der Waals surface area contributed by atoms with Crippen LogP contribution in [0.25, 0.3) is 0 Å². The minimum Gasteiger partial charge on any atom is -0.302 e. The van der Waals surface area contributed by atoms with E-state index < -0.39 is 0 Å². The number of allylic oxidation sites excluding steroid dienone is 1. The topological polar surface area (TPSA) is 80.3 Å². The summed E-state index contributed by atoms with van der Waals surface area (Å²) in [5, 5.41) is 26.5. The van der Waals surface area contributed by atoms with Crippen LogP contribution in [0, 0.1) is 11.3 Å². The van der Waals surface area contributed by atoms with E-state index in [4.69, 9.17) is 5.26 Å². The van der Waals surface area contributed by atoms with Gasteiger partial charge in [0.2, 0.25) is 0 Å². The molecule has 1 saturated carbocycles. The minimum atomic E-state index is 0.306. The van der Waals surface area contributed by atoms with Crippen LogP contribution in [0.15, 0.2) is 35.0 Å². The highest BCUT2D eigenvalue weighted by Gasteiger charge is 2.30. The highest BCUT2D eigenvalue weighted by molar-refractivity contribution is 7.99. The lowest BCUT2D eigenvalue weighted by atomic mass is 10.4. The Morgan fingerprint density at radius 3 is 2.80 bits per heavy atom. The maximum atomic E-state index is 8.71. The third-order valence-corrected chi connectivity index (χ3v) is 3.86. The molecule has 0 radical (unpaired) electrons. The number of hydrogen-bond donors (Lipinski definition) is 0. The monoisotopic (exact) mass is 284 g/mol. The molecule has 0 aromatic carbocycles. The first-order valence-electron chi connectivity index (χ1n) is 6.27. The Labute approximate surface area is 120 Å². The Kier molecular flexibility index (Phi) is 3.48. The molecule has 0 saturated heterocycles. The van der Waals surface area contributed by atoms with Gasteiger partial charge in [0.15, 0.2) is 10.9 Å². The van der Waals surface area contributed by atoms with Crippen molar-refractivity contribution in [1.82, 2.24) is 25.0 Å². The normalized spacial score (nSPS) is 13.9. The largest absolute Gasteiger partial charge is 0.302 e. The Morgan fingerprint density at radius 1 is 1.35 bits per heavy atom. The zero-order valence-electron chi connectivity index (χ0n) is 10.7. The second-order valence-electron chi connectivity index (χ2n) is 4.49. The molecule has 2 aromatic rings. The maximum absolute atomic E-state index is 8.71. The molecule has 2 aromatic heterocycles. The molecule has 6 nitrogen and oxygen atoms in total. The first-order valence-corrected chi connectivity index (χ1v) is 7.09. The lowest BCUT2D eigenvalue weighted by Gasteiger charge is -2.05. The van der Waals surface area contributed by atoms with Crippen LogP contribution in [-0.4, -0.2) is 25.0 Å². The zero-order valence-corrected chi connectivity index (χ0v) is 11.5. The lowest BCUT2D eigenvalue weighted by molar-refractivity contribution is 0.680. The van der Waals surface area contributed by atoms with Crippen LogP contribution >= 0.6 is 11.8 Å². The molecule has 7 heteroatoms. The van der Waals surface area contributed by atoms with E-state index in [9.17, 15) is 0 Å². The third-order valence-electron chi connectivity index (χ3n) is 2.95. The molecule has 0 unspecified atom stereocenters. The summed E-state index contributed by atoms with van der Waals surface area (Å²) in [4.78, 5) is 0. The molecule has 0 spiro atoms. The number of aromatic nitrogens is 5. The van der Waals surface area contributed by atoms with Gasteiger partial charge in [-0.25, -0.2) is 0 Å². The lowest BCUT2D eigenvalue weighted by Crippen LogP contribution is -2.02. The fraction of sp³-hybridized carbons (Fsp3) is 0.308. The Bertz CT molecular complexity index is 665. The van der Waals surface area contributed by atoms with Gasteiger partial charge >= 0.3 is 0 Å². The number of nitrogens with zero attached hydrogens (tertiary/aromatic N) is 6. The van der Waals surface area contributed by atoms with Crippen LogP contribution in [0.3, 0.4) is 0 Å². The van der Waals surface area contributed by atoms with Crippen molar-refractivity contribution in [3.63, 3.8) is 0 Å². The summed E-state index contributed by atoms with van der Waals surface area (Å²) in [6, 6.07) is 5.36. The van der Waals surface area contributed by atoms with E-state index in [1.807, 2.05) is 12.1 Å². The van der Waals surface area contributed by atoms with Gasteiger partial charge in [-0.05, 0) is 36.7 Å². The molecule has 0 bridgehead atoms. The van der Waals surface area contributed by atoms with Gasteiger partial charge in [0, 0.05) is 12.5 Å². The standard InChI is InChI=1S/C13H12N6S/c1-2-7-19-12(9-3-4-9)17-18-13(19)20-11-6-5-10(8-14)15-16-11/h2,5-6,9H,1,3-4,7H2. The summed E-state index contributed by atoms with van der Waals surface area (Å²) in [5.41, 5.74) is 0.306. The zero-order chi connectivity index (χ0) is 13.9. The number of rotatable bonds is 5. The Morgan fingerprint density at radius 2 is 2.20 bits per heavy atom. The van der Waals surface area contributed by atoms with E-state index in [2.05, 4.69) is 31.5 Å². The molecule has 3 rings (SSSR count). The fourth-order valence-corrected chi connectivity index (χ4v) is 2.61. The molecule has 0 N–H and O–H groups in total. The SMILES string of the molecule is C=CCn1c(Sc2ccc(C#N)nn2)nnc1C1CC1. The molecular weight excluding hydrogens is 272 g/mol. The first-order chi connectivity index (χ1) is 9.81. The predicted molar refractivity (Wildman–Crippen MR) is 73.1 cm³/mol. The average Bonchev–Trinajstić information content (AvgIpc) is 3.25. The van der Waals surface area contributed by atoms with E-state index in [1.54, 1.807) is 12.1 Å². The fourth-order valence-electron chi connectivity index (χ4n) is 1.85. The van der Waals surface area contributed by atoms with Gasteiger partial charge in [0.1, 0.15) is 16.9 Å². The quantitative estimate of drug-likeness (QED) is 0.783. The number of hydrogen-bond acceptors (Lipinski definition) is 6. The Hall–Kier alpha value is -2.20. The van der Waals surface area contributed by atoms with Crippen molar-refractivity contribution in [2.75, 3.05) is 0 Å². The molecule has 0 aliphatic heterocycles. The summed E-state index contributed by atoms with van der Waals surface area (Å²) in [6.45, 7) is 4.46. The molecule has 1 aliphatic carbocycles. The highest BCUT2D eigenvalue weighted by Crippen LogP contribution is 2.40. The summed E-state index contributed by atoms with van der Waals surface area (Å²) < 4.78 is 2.06. The van der Waals surface area contributed by atoms with Crippen LogP contribution in [-0.2, 0) is 6.54 Å². The molecule has 2 heterocycles. The van der Waals surface area contributed by atoms with Gasteiger partial charge in [-0.1, -0.05) is 6.08 Å². The molecular formula is C13H12N6S. The molecule has 1 aliphatic rings. The molecule has 0 atom stereocenters. The van der Waals surface area contributed by atoms with Gasteiger partial charge in [-0.2, -0.15) is 5.26 Å². The molecule has 100 valence electrons. The van der Waals surface area contributed by atoms with E-state index in [1.165, 1.54) is 24.6 Å². The van der Waals surface area contributed by atoms with Gasteiger partial charge < -0.3 is 4.57 Å². The summed E-state index contributed by atoms with van der Waals surface area (Å²) in [7, 11) is 0. The molecule has 0 amide bonds. The summed E-state index contributed by atoms with van der Waals surface area (Å²) >= 11 is 1.40. The predicted octanol–water partition coefficient (Wildman–Crippen LogP) is 2.15. The highest BCUT2D eigenvalue weighted by atomic mass is 32.2. The van der Waals surface area contributed by atoms with Gasteiger partial charge in [0.05, 0.1) is 0 Å². The van der Waals surface area contributed by atoms with Crippen LogP contribution in [0.1, 0.15) is 30.3 Å². The minimum absolute atomic E-state index is 0.306. The van der Waals surface area contributed by atoms with Crippen LogP contribution in [0.4, 0.5) is 0 Å². The van der Waals surface area contributed by atoms with Crippen LogP contribution in [0.5, 0.6) is 0 Å². The van der Waals surface area contributed by atoms with Gasteiger partial charge in [-0.3, -0.25) is 0 Å². The second kappa shape index (κ2) is 5.43. The average molecular weight is 284 g/mol. The van der Waals surface area contributed by atoms with Crippen molar-refractivity contribution in [3.8, 4) is 6.07 Å². The van der Waals surface area contributed by atoms with Crippen molar-refractivity contribution < 1.29 is 0 Å². The summed E-state index contributed by atoms with van der Waals surface area (Å²) in [5.74, 6) is 1.55. The summed E-state index contributed by atoms with van der Waals surface area (Å²) in [6.07, 6.45) is 4.19. The van der Waals surface area contributed by atoms with Crippen LogP contribution in [0.2, 0.25) is 0 Å². The van der Waals surface area contributed by atoms with E-state index in [0.717, 1.165) is 11.0 Å². The molecule has 20 heavy (non-hydrogen) atoms. The number of nitriles is 1. The second-order valence-corrected chi connectivity index (χ2v) is 5.47. The van der Waals surface area contributed by atoms with E-state index in [0.29, 0.717) is 23.2 Å². The Balaban J connectivity index is 1.85. The van der Waals surface area contributed by atoms with Crippen molar-refractivity contribution >= 4 is 11.8 Å². The van der Waals surface area contributed by atoms with Crippen molar-refractivity contribution in [2.45, 2.75) is 35.5 Å². The van der Waals surface area contributed by atoms with Crippen LogP contribution < -0.4 is 0 Å². The van der Waals surface area contributed by atoms with Gasteiger partial charge in [-0.15, -0.1) is 27.0 Å². The van der Waals surface area contributed by atoms with Gasteiger partial charge in [0.25, 0.3) is 0 Å². The van der Waals surface area contributed by atoms with Crippen molar-refractivity contribution in [3.05, 3.63) is 36.3 Å². The van der Waals surface area contributed by atoms with E-state index >= 15 is 0 Å². The van der Waals surface area contributed by atoms with Crippen molar-refractivity contribution in [2.24, 2.45) is 0 Å². The third kappa shape index (κ3) is 2.56. The van der Waals surface area contributed by atoms with E-state index in [-0.39, 0.29) is 0 Å². The maximum Gasteiger partial charge on any atom is 0.197 e. The smallest absolute Gasteiger partial charge is 0.197 e. The first kappa shape index (κ1) is 12.8. The molecule has 1 fully saturated rings. The van der Waals surface area contributed by atoms with Crippen molar-refractivity contribution in [1.29, 1.82) is 5.26 Å².